The molecule has 2 N–H and O–H groups in total. The van der Waals surface area contributed by atoms with Gasteiger partial charge in [0.05, 0.1) is 0 Å². The molecule has 0 saturated carbocycles. The molecule has 1 unspecified atom stereocenters. The Bertz CT molecular complexity index is 574. The number of nitrogens with zero attached hydrogens (tertiary/aromatic N) is 3. The third-order valence-corrected chi connectivity index (χ3v) is 6.04. The fraction of sp³-hybridized carbons (Fsp3) is 0.696. The fourth-order valence-corrected chi connectivity index (χ4v) is 4.38. The SMILES string of the molecule is CN=C(NCC(C)CN1CCCCC1)NC1CCN(Cc2ccccc2)CC1. The Hall–Kier alpha value is -1.59. The molecule has 1 aromatic carbocycles. The first-order chi connectivity index (χ1) is 13.7. The van der Waals surface area contributed by atoms with Gasteiger partial charge in [-0.25, -0.2) is 0 Å². The Balaban J connectivity index is 1.33. The molecule has 2 aliphatic rings. The van der Waals surface area contributed by atoms with Crippen LogP contribution in [0.25, 0.3) is 0 Å². The standard InChI is InChI=1S/C23H39N5/c1-20(18-27-13-7-4-8-14-27)17-25-23(24-2)26-22-11-15-28(16-12-22)19-21-9-5-3-6-10-21/h3,5-6,9-10,20,22H,4,7-8,11-19H2,1-2H3,(H2,24,25,26). The van der Waals surface area contributed by atoms with E-state index in [1.165, 1.54) is 57.3 Å². The van der Waals surface area contributed by atoms with Gasteiger partial charge in [-0.15, -0.1) is 0 Å². The predicted octanol–water partition coefficient (Wildman–Crippen LogP) is 2.94. The van der Waals surface area contributed by atoms with Crippen molar-refractivity contribution in [3.8, 4) is 0 Å². The second-order valence-corrected chi connectivity index (χ2v) is 8.60. The number of piperidine rings is 2. The second kappa shape index (κ2) is 11.4. The van der Waals surface area contributed by atoms with Gasteiger partial charge in [0.2, 0.25) is 0 Å². The highest BCUT2D eigenvalue weighted by atomic mass is 15.2. The lowest BCUT2D eigenvalue weighted by molar-refractivity contribution is 0.196. The summed E-state index contributed by atoms with van der Waals surface area (Å²) in [6, 6.07) is 11.3. The maximum Gasteiger partial charge on any atom is 0.191 e. The van der Waals surface area contributed by atoms with Crippen molar-refractivity contribution in [3.05, 3.63) is 35.9 Å². The molecule has 3 rings (SSSR count). The monoisotopic (exact) mass is 385 g/mol. The lowest BCUT2D eigenvalue weighted by Crippen LogP contribution is -2.49. The van der Waals surface area contributed by atoms with E-state index in [2.05, 4.69) is 62.7 Å². The van der Waals surface area contributed by atoms with E-state index >= 15 is 0 Å². The van der Waals surface area contributed by atoms with Crippen LogP contribution in [0.4, 0.5) is 0 Å². The van der Waals surface area contributed by atoms with Crippen molar-refractivity contribution in [2.75, 3.05) is 46.3 Å². The zero-order valence-electron chi connectivity index (χ0n) is 17.9. The average Bonchev–Trinajstić information content (AvgIpc) is 2.74. The van der Waals surface area contributed by atoms with Crippen molar-refractivity contribution < 1.29 is 0 Å². The van der Waals surface area contributed by atoms with E-state index in [1.54, 1.807) is 0 Å². The highest BCUT2D eigenvalue weighted by Crippen LogP contribution is 2.14. The Morgan fingerprint density at radius 2 is 1.75 bits per heavy atom. The fourth-order valence-electron chi connectivity index (χ4n) is 4.38. The maximum absolute atomic E-state index is 4.45. The van der Waals surface area contributed by atoms with Crippen molar-refractivity contribution in [1.29, 1.82) is 0 Å². The molecule has 0 radical (unpaired) electrons. The van der Waals surface area contributed by atoms with Gasteiger partial charge in [0.1, 0.15) is 0 Å². The molecule has 0 spiro atoms. The smallest absolute Gasteiger partial charge is 0.191 e. The summed E-state index contributed by atoms with van der Waals surface area (Å²) in [6.45, 7) is 10.4. The Labute approximate surface area is 171 Å². The summed E-state index contributed by atoms with van der Waals surface area (Å²) in [5.41, 5.74) is 1.41. The molecule has 2 heterocycles. The highest BCUT2D eigenvalue weighted by Gasteiger charge is 2.20. The average molecular weight is 386 g/mol. The molecule has 1 aromatic rings. The quantitative estimate of drug-likeness (QED) is 0.559. The first-order valence-corrected chi connectivity index (χ1v) is 11.2. The van der Waals surface area contributed by atoms with E-state index < -0.39 is 0 Å². The van der Waals surface area contributed by atoms with Crippen LogP contribution in [0, 0.1) is 5.92 Å². The molecular formula is C23H39N5. The van der Waals surface area contributed by atoms with Crippen LogP contribution in [-0.2, 0) is 6.54 Å². The number of aliphatic imine (C=N–C) groups is 1. The number of guanidine groups is 1. The van der Waals surface area contributed by atoms with Crippen molar-refractivity contribution in [3.63, 3.8) is 0 Å². The molecule has 1 atom stereocenters. The summed E-state index contributed by atoms with van der Waals surface area (Å²) in [6.07, 6.45) is 6.50. The minimum Gasteiger partial charge on any atom is -0.356 e. The number of benzene rings is 1. The Kier molecular flexibility index (Phi) is 8.62. The normalized spacial score (nSPS) is 21.4. The summed E-state index contributed by atoms with van der Waals surface area (Å²) >= 11 is 0. The molecular weight excluding hydrogens is 346 g/mol. The van der Waals surface area contributed by atoms with Crippen LogP contribution in [0.15, 0.2) is 35.3 Å². The minimum absolute atomic E-state index is 0.524. The van der Waals surface area contributed by atoms with Crippen molar-refractivity contribution in [2.45, 2.75) is 51.6 Å². The van der Waals surface area contributed by atoms with Crippen molar-refractivity contribution in [2.24, 2.45) is 10.9 Å². The van der Waals surface area contributed by atoms with Gasteiger partial charge in [-0.3, -0.25) is 9.89 Å². The third-order valence-electron chi connectivity index (χ3n) is 6.04. The van der Waals surface area contributed by atoms with E-state index in [0.717, 1.165) is 32.1 Å². The van der Waals surface area contributed by atoms with Gasteiger partial charge in [0.25, 0.3) is 0 Å². The predicted molar refractivity (Wildman–Crippen MR) is 119 cm³/mol. The van der Waals surface area contributed by atoms with Crippen LogP contribution in [0.5, 0.6) is 0 Å². The van der Waals surface area contributed by atoms with Crippen LogP contribution < -0.4 is 10.6 Å². The van der Waals surface area contributed by atoms with Crippen LogP contribution >= 0.6 is 0 Å². The molecule has 5 heteroatoms. The summed E-state index contributed by atoms with van der Waals surface area (Å²) in [4.78, 5) is 9.63. The van der Waals surface area contributed by atoms with Gasteiger partial charge in [-0.05, 0) is 50.3 Å². The molecule has 0 aliphatic carbocycles. The van der Waals surface area contributed by atoms with Gasteiger partial charge in [-0.2, -0.15) is 0 Å². The van der Waals surface area contributed by atoms with Crippen LogP contribution in [0.1, 0.15) is 44.6 Å². The number of hydrogen-bond donors (Lipinski definition) is 2. The highest BCUT2D eigenvalue weighted by molar-refractivity contribution is 5.79. The maximum atomic E-state index is 4.45. The van der Waals surface area contributed by atoms with Gasteiger partial charge in [0, 0.05) is 45.8 Å². The van der Waals surface area contributed by atoms with Crippen LogP contribution in [-0.4, -0.2) is 68.1 Å². The van der Waals surface area contributed by atoms with E-state index in [9.17, 15) is 0 Å². The number of nitrogens with one attached hydrogen (secondary N) is 2. The molecule has 0 bridgehead atoms. The van der Waals surface area contributed by atoms with E-state index in [1.807, 2.05) is 7.05 Å². The molecule has 0 aromatic heterocycles. The molecule has 2 fully saturated rings. The third kappa shape index (κ3) is 7.10. The Morgan fingerprint density at radius 3 is 2.43 bits per heavy atom. The molecule has 0 amide bonds. The topological polar surface area (TPSA) is 42.9 Å². The van der Waals surface area contributed by atoms with Gasteiger partial charge in [-0.1, -0.05) is 43.7 Å². The van der Waals surface area contributed by atoms with E-state index in [-0.39, 0.29) is 0 Å². The number of rotatable bonds is 7. The number of likely N-dealkylation sites (tertiary alicyclic amines) is 2. The van der Waals surface area contributed by atoms with Gasteiger partial charge >= 0.3 is 0 Å². The van der Waals surface area contributed by atoms with Crippen molar-refractivity contribution >= 4 is 5.96 Å². The van der Waals surface area contributed by atoms with E-state index in [0.29, 0.717) is 12.0 Å². The van der Waals surface area contributed by atoms with Crippen molar-refractivity contribution in [1.82, 2.24) is 20.4 Å². The largest absolute Gasteiger partial charge is 0.356 e. The molecule has 2 saturated heterocycles. The first kappa shape index (κ1) is 21.1. The summed E-state index contributed by atoms with van der Waals surface area (Å²) < 4.78 is 0. The summed E-state index contributed by atoms with van der Waals surface area (Å²) in [5.74, 6) is 1.61. The molecule has 5 nitrogen and oxygen atoms in total. The number of hydrogen-bond acceptors (Lipinski definition) is 3. The minimum atomic E-state index is 0.524. The van der Waals surface area contributed by atoms with Gasteiger partial charge in [0.15, 0.2) is 5.96 Å². The molecule has 28 heavy (non-hydrogen) atoms. The molecule has 156 valence electrons. The first-order valence-electron chi connectivity index (χ1n) is 11.2. The lowest BCUT2D eigenvalue weighted by atomic mass is 10.0. The second-order valence-electron chi connectivity index (χ2n) is 8.60. The van der Waals surface area contributed by atoms with Crippen LogP contribution in [0.2, 0.25) is 0 Å². The van der Waals surface area contributed by atoms with Crippen LogP contribution in [0.3, 0.4) is 0 Å². The van der Waals surface area contributed by atoms with E-state index in [4.69, 9.17) is 0 Å². The summed E-state index contributed by atoms with van der Waals surface area (Å²) in [7, 11) is 1.88. The van der Waals surface area contributed by atoms with Gasteiger partial charge < -0.3 is 15.5 Å². The zero-order chi connectivity index (χ0) is 19.6. The summed E-state index contributed by atoms with van der Waals surface area (Å²) in [5, 5.41) is 7.20. The Morgan fingerprint density at radius 1 is 1.04 bits per heavy atom. The molecule has 2 aliphatic heterocycles. The zero-order valence-corrected chi connectivity index (χ0v) is 17.9. The lowest BCUT2D eigenvalue weighted by Gasteiger charge is -2.33.